The minimum Gasteiger partial charge on any atom is -0.367 e. The molecule has 0 aliphatic heterocycles. The van der Waals surface area contributed by atoms with Crippen LogP contribution in [0.1, 0.15) is 33.6 Å². The van der Waals surface area contributed by atoms with Gasteiger partial charge in [0.25, 0.3) is 0 Å². The molecule has 98 valence electrons. The summed E-state index contributed by atoms with van der Waals surface area (Å²) in [5.74, 6) is 1.65. The Balaban J connectivity index is 2.31. The van der Waals surface area contributed by atoms with E-state index in [0.29, 0.717) is 12.0 Å². The number of fused-ring (bicyclic) bond motifs is 1. The zero-order valence-electron chi connectivity index (χ0n) is 11.2. The molecule has 0 saturated carbocycles. The number of hydrogen-bond donors (Lipinski definition) is 2. The number of thiophene rings is 1. The van der Waals surface area contributed by atoms with Gasteiger partial charge in [0.15, 0.2) is 0 Å². The Morgan fingerprint density at radius 2 is 2.17 bits per heavy atom. The van der Waals surface area contributed by atoms with Crippen LogP contribution in [-0.4, -0.2) is 22.6 Å². The van der Waals surface area contributed by atoms with E-state index in [4.69, 9.17) is 0 Å². The fourth-order valence-corrected chi connectivity index (χ4v) is 2.71. The Morgan fingerprint density at radius 3 is 2.89 bits per heavy atom. The van der Waals surface area contributed by atoms with Crippen LogP contribution >= 0.6 is 11.3 Å². The van der Waals surface area contributed by atoms with E-state index in [1.54, 1.807) is 11.3 Å². The Hall–Kier alpha value is -1.36. The van der Waals surface area contributed by atoms with Gasteiger partial charge in [-0.05, 0) is 31.7 Å². The molecule has 4 nitrogen and oxygen atoms in total. The molecule has 0 spiro atoms. The number of rotatable bonds is 6. The topological polar surface area (TPSA) is 49.8 Å². The van der Waals surface area contributed by atoms with Gasteiger partial charge in [0.2, 0.25) is 5.95 Å². The standard InChI is InChI=1S/C13H20N4S/c1-4-6-9(3)15-11-10-7-8-18-12(10)17-13(16-11)14-5-2/h7-9H,4-6H2,1-3H3,(H2,14,15,16,17). The van der Waals surface area contributed by atoms with Crippen LogP contribution in [0.15, 0.2) is 11.4 Å². The Morgan fingerprint density at radius 1 is 1.33 bits per heavy atom. The molecule has 5 heteroatoms. The van der Waals surface area contributed by atoms with E-state index < -0.39 is 0 Å². The summed E-state index contributed by atoms with van der Waals surface area (Å²) in [4.78, 5) is 10.1. The second-order valence-electron chi connectivity index (χ2n) is 4.40. The maximum atomic E-state index is 4.56. The van der Waals surface area contributed by atoms with Crippen LogP contribution in [0.2, 0.25) is 0 Å². The summed E-state index contributed by atoms with van der Waals surface area (Å²) in [6, 6.07) is 2.51. The number of aromatic nitrogens is 2. The van der Waals surface area contributed by atoms with Crippen molar-refractivity contribution in [3.63, 3.8) is 0 Å². The number of nitrogens with zero attached hydrogens (tertiary/aromatic N) is 2. The van der Waals surface area contributed by atoms with E-state index in [2.05, 4.69) is 52.8 Å². The molecule has 2 aromatic heterocycles. The normalized spacial score (nSPS) is 12.6. The van der Waals surface area contributed by atoms with Crippen LogP contribution < -0.4 is 10.6 Å². The van der Waals surface area contributed by atoms with Gasteiger partial charge < -0.3 is 10.6 Å². The maximum absolute atomic E-state index is 4.56. The van der Waals surface area contributed by atoms with Gasteiger partial charge >= 0.3 is 0 Å². The van der Waals surface area contributed by atoms with Crippen LogP contribution in [0, 0.1) is 0 Å². The highest BCUT2D eigenvalue weighted by Crippen LogP contribution is 2.27. The summed E-state index contributed by atoms with van der Waals surface area (Å²) in [6.45, 7) is 7.27. The SMILES string of the molecule is CCCC(C)Nc1nc(NCC)nc2sccc12. The Kier molecular flexibility index (Phi) is 4.36. The van der Waals surface area contributed by atoms with Crippen LogP contribution in [0.3, 0.4) is 0 Å². The Bertz CT molecular complexity index is 509. The first kappa shape index (κ1) is 13.1. The molecule has 0 amide bonds. The first-order chi connectivity index (χ1) is 8.74. The van der Waals surface area contributed by atoms with Gasteiger partial charge in [0.1, 0.15) is 10.6 Å². The van der Waals surface area contributed by atoms with E-state index in [1.165, 1.54) is 6.42 Å². The highest BCUT2D eigenvalue weighted by atomic mass is 32.1. The minimum absolute atomic E-state index is 0.433. The number of hydrogen-bond acceptors (Lipinski definition) is 5. The van der Waals surface area contributed by atoms with Gasteiger partial charge in [0, 0.05) is 12.6 Å². The van der Waals surface area contributed by atoms with Gasteiger partial charge in [-0.3, -0.25) is 0 Å². The summed E-state index contributed by atoms with van der Waals surface area (Å²) < 4.78 is 0. The van der Waals surface area contributed by atoms with E-state index in [1.807, 2.05) is 0 Å². The molecular formula is C13H20N4S. The molecule has 2 heterocycles. The van der Waals surface area contributed by atoms with Gasteiger partial charge in [-0.1, -0.05) is 13.3 Å². The van der Waals surface area contributed by atoms with Gasteiger partial charge in [0.05, 0.1) is 5.39 Å². The van der Waals surface area contributed by atoms with Gasteiger partial charge in [-0.25, -0.2) is 4.98 Å². The first-order valence-corrected chi connectivity index (χ1v) is 7.38. The molecule has 0 saturated heterocycles. The van der Waals surface area contributed by atoms with Crippen LogP contribution in [0.5, 0.6) is 0 Å². The number of nitrogens with one attached hydrogen (secondary N) is 2. The summed E-state index contributed by atoms with van der Waals surface area (Å²) in [7, 11) is 0. The lowest BCUT2D eigenvalue weighted by Crippen LogP contribution is -2.16. The third-order valence-electron chi connectivity index (χ3n) is 2.76. The molecule has 1 unspecified atom stereocenters. The van der Waals surface area contributed by atoms with Crippen molar-refractivity contribution < 1.29 is 0 Å². The summed E-state index contributed by atoms with van der Waals surface area (Å²) >= 11 is 1.65. The van der Waals surface area contributed by atoms with Crippen molar-refractivity contribution in [3.05, 3.63) is 11.4 Å². The second-order valence-corrected chi connectivity index (χ2v) is 5.29. The lowest BCUT2D eigenvalue weighted by Gasteiger charge is -2.15. The highest BCUT2D eigenvalue weighted by Gasteiger charge is 2.10. The first-order valence-electron chi connectivity index (χ1n) is 6.50. The maximum Gasteiger partial charge on any atom is 0.226 e. The highest BCUT2D eigenvalue weighted by molar-refractivity contribution is 7.16. The van der Waals surface area contributed by atoms with Crippen molar-refractivity contribution in [2.45, 2.75) is 39.7 Å². The number of anilines is 2. The van der Waals surface area contributed by atoms with Crippen LogP contribution in [0.25, 0.3) is 10.2 Å². The van der Waals surface area contributed by atoms with E-state index in [0.717, 1.165) is 29.0 Å². The molecule has 0 aromatic carbocycles. The minimum atomic E-state index is 0.433. The van der Waals surface area contributed by atoms with Gasteiger partial charge in [-0.2, -0.15) is 4.98 Å². The fraction of sp³-hybridized carbons (Fsp3) is 0.538. The molecule has 0 fully saturated rings. The molecule has 0 aliphatic carbocycles. The van der Waals surface area contributed by atoms with Crippen molar-refractivity contribution in [1.82, 2.24) is 9.97 Å². The summed E-state index contributed by atoms with van der Waals surface area (Å²) in [5.41, 5.74) is 0. The predicted molar refractivity (Wildman–Crippen MR) is 79.6 cm³/mol. The largest absolute Gasteiger partial charge is 0.367 e. The summed E-state index contributed by atoms with van der Waals surface area (Å²) in [5, 5.41) is 9.84. The van der Waals surface area contributed by atoms with Crippen LogP contribution in [0.4, 0.5) is 11.8 Å². The van der Waals surface area contributed by atoms with Crippen molar-refractivity contribution in [3.8, 4) is 0 Å². The van der Waals surface area contributed by atoms with Crippen molar-refractivity contribution in [2.24, 2.45) is 0 Å². The molecular weight excluding hydrogens is 244 g/mol. The molecule has 18 heavy (non-hydrogen) atoms. The van der Waals surface area contributed by atoms with Crippen molar-refractivity contribution in [2.75, 3.05) is 17.2 Å². The van der Waals surface area contributed by atoms with Crippen molar-refractivity contribution >= 4 is 33.3 Å². The Labute approximate surface area is 112 Å². The molecule has 0 bridgehead atoms. The quantitative estimate of drug-likeness (QED) is 0.835. The monoisotopic (exact) mass is 264 g/mol. The lowest BCUT2D eigenvalue weighted by atomic mass is 10.2. The third kappa shape index (κ3) is 2.90. The predicted octanol–water partition coefficient (Wildman–Crippen LogP) is 3.72. The van der Waals surface area contributed by atoms with Gasteiger partial charge in [-0.15, -0.1) is 11.3 Å². The molecule has 0 radical (unpaired) electrons. The molecule has 0 aliphatic rings. The summed E-state index contributed by atoms with van der Waals surface area (Å²) in [6.07, 6.45) is 2.32. The van der Waals surface area contributed by atoms with E-state index >= 15 is 0 Å². The van der Waals surface area contributed by atoms with Crippen molar-refractivity contribution in [1.29, 1.82) is 0 Å². The van der Waals surface area contributed by atoms with E-state index in [9.17, 15) is 0 Å². The lowest BCUT2D eigenvalue weighted by molar-refractivity contribution is 0.688. The molecule has 2 N–H and O–H groups in total. The smallest absolute Gasteiger partial charge is 0.226 e. The third-order valence-corrected chi connectivity index (χ3v) is 3.57. The second kappa shape index (κ2) is 6.00. The average Bonchev–Trinajstić information content (AvgIpc) is 2.78. The zero-order valence-corrected chi connectivity index (χ0v) is 12.0. The molecule has 1 atom stereocenters. The van der Waals surface area contributed by atoms with E-state index in [-0.39, 0.29) is 0 Å². The molecule has 2 rings (SSSR count). The zero-order chi connectivity index (χ0) is 13.0. The molecule has 2 aromatic rings. The van der Waals surface area contributed by atoms with Crippen LogP contribution in [-0.2, 0) is 0 Å². The average molecular weight is 264 g/mol. The fourth-order valence-electron chi connectivity index (χ4n) is 1.94.